The Balaban J connectivity index is 1.54. The van der Waals surface area contributed by atoms with Crippen LogP contribution < -0.4 is 5.69 Å². The molecule has 3 aromatic carbocycles. The summed E-state index contributed by atoms with van der Waals surface area (Å²) in [5.74, 6) is 0. The number of rotatable bonds is 7. The summed E-state index contributed by atoms with van der Waals surface area (Å²) in [6.45, 7) is 2.34. The number of ether oxygens (including phenoxy) is 1. The van der Waals surface area contributed by atoms with Crippen LogP contribution in [0.3, 0.4) is 0 Å². The number of aliphatic hydroxyl groups excluding tert-OH is 1. The van der Waals surface area contributed by atoms with Gasteiger partial charge in [-0.2, -0.15) is 0 Å². The van der Waals surface area contributed by atoms with Crippen LogP contribution in [-0.2, 0) is 18.3 Å². The van der Waals surface area contributed by atoms with Crippen molar-refractivity contribution in [2.24, 2.45) is 7.05 Å². The van der Waals surface area contributed by atoms with Crippen molar-refractivity contribution in [1.82, 2.24) is 9.13 Å². The molecule has 0 amide bonds. The standard InChI is InChI=1S/C25H26N2O3/c1-18-12-14-20(15-13-18)24(19-8-4-3-5-9-19)30-17-21(28)16-27-23-11-7-6-10-22(23)26(2)25(27)29/h3-15,21,24,28H,16-17H2,1-2H3/t21-,24-/m1/s1. The van der Waals surface area contributed by atoms with Gasteiger partial charge in [-0.15, -0.1) is 0 Å². The Morgan fingerprint density at radius 2 is 1.47 bits per heavy atom. The number of aryl methyl sites for hydroxylation is 2. The van der Waals surface area contributed by atoms with E-state index in [1.54, 1.807) is 16.2 Å². The van der Waals surface area contributed by atoms with E-state index in [1.807, 2.05) is 61.5 Å². The Morgan fingerprint density at radius 1 is 0.867 bits per heavy atom. The van der Waals surface area contributed by atoms with E-state index in [0.717, 1.165) is 22.2 Å². The zero-order valence-corrected chi connectivity index (χ0v) is 17.2. The molecule has 0 spiro atoms. The maximum absolute atomic E-state index is 12.6. The molecule has 0 aliphatic carbocycles. The lowest BCUT2D eigenvalue weighted by Gasteiger charge is -2.21. The fraction of sp³-hybridized carbons (Fsp3) is 0.240. The smallest absolute Gasteiger partial charge is 0.328 e. The molecule has 1 heterocycles. The monoisotopic (exact) mass is 402 g/mol. The third kappa shape index (κ3) is 4.08. The summed E-state index contributed by atoms with van der Waals surface area (Å²) >= 11 is 0. The normalized spacial score (nSPS) is 13.4. The predicted octanol–water partition coefficient (Wildman–Crippen LogP) is 3.82. The summed E-state index contributed by atoms with van der Waals surface area (Å²) in [6.07, 6.45) is -1.10. The van der Waals surface area contributed by atoms with E-state index < -0.39 is 6.10 Å². The molecule has 0 bridgehead atoms. The Labute approximate surface area is 175 Å². The first-order chi connectivity index (χ1) is 14.5. The van der Waals surface area contributed by atoms with E-state index in [4.69, 9.17) is 4.74 Å². The van der Waals surface area contributed by atoms with Gasteiger partial charge in [0.1, 0.15) is 6.10 Å². The summed E-state index contributed by atoms with van der Waals surface area (Å²) in [4.78, 5) is 12.6. The zero-order valence-electron chi connectivity index (χ0n) is 17.2. The molecular formula is C25H26N2O3. The second kappa shape index (κ2) is 8.69. The van der Waals surface area contributed by atoms with Gasteiger partial charge in [0.2, 0.25) is 0 Å². The lowest BCUT2D eigenvalue weighted by molar-refractivity contribution is -0.000531. The van der Waals surface area contributed by atoms with Gasteiger partial charge < -0.3 is 9.84 Å². The van der Waals surface area contributed by atoms with Gasteiger partial charge in [0, 0.05) is 7.05 Å². The number of hydrogen-bond acceptors (Lipinski definition) is 3. The molecule has 5 heteroatoms. The summed E-state index contributed by atoms with van der Waals surface area (Å²) in [7, 11) is 1.74. The van der Waals surface area contributed by atoms with Crippen LogP contribution in [0.15, 0.2) is 83.7 Å². The number of aromatic nitrogens is 2. The van der Waals surface area contributed by atoms with Crippen LogP contribution in [-0.4, -0.2) is 27.0 Å². The molecule has 0 saturated heterocycles. The maximum Gasteiger partial charge on any atom is 0.328 e. The lowest BCUT2D eigenvalue weighted by Crippen LogP contribution is -2.30. The molecule has 5 nitrogen and oxygen atoms in total. The number of hydrogen-bond donors (Lipinski definition) is 1. The highest BCUT2D eigenvalue weighted by molar-refractivity contribution is 5.75. The highest BCUT2D eigenvalue weighted by atomic mass is 16.5. The van der Waals surface area contributed by atoms with Gasteiger partial charge >= 0.3 is 5.69 Å². The van der Waals surface area contributed by atoms with Crippen molar-refractivity contribution in [2.45, 2.75) is 25.7 Å². The lowest BCUT2D eigenvalue weighted by atomic mass is 10.0. The largest absolute Gasteiger partial charge is 0.389 e. The number of imidazole rings is 1. The number of nitrogens with zero attached hydrogens (tertiary/aromatic N) is 2. The van der Waals surface area contributed by atoms with Crippen LogP contribution >= 0.6 is 0 Å². The molecule has 4 aromatic rings. The molecule has 1 aromatic heterocycles. The molecule has 0 saturated carbocycles. The molecule has 2 atom stereocenters. The minimum Gasteiger partial charge on any atom is -0.389 e. The van der Waals surface area contributed by atoms with Gasteiger partial charge in [-0.1, -0.05) is 72.3 Å². The number of fused-ring (bicyclic) bond motifs is 1. The molecule has 154 valence electrons. The van der Waals surface area contributed by atoms with E-state index in [2.05, 4.69) is 24.3 Å². The molecule has 0 aliphatic rings. The van der Waals surface area contributed by atoms with Crippen molar-refractivity contribution in [3.05, 3.63) is 106 Å². The number of para-hydroxylation sites is 2. The molecule has 0 radical (unpaired) electrons. The van der Waals surface area contributed by atoms with Crippen molar-refractivity contribution >= 4 is 11.0 Å². The molecule has 0 aliphatic heterocycles. The Bertz CT molecular complexity index is 1180. The second-order valence-corrected chi connectivity index (χ2v) is 7.63. The Hall–Kier alpha value is -3.15. The first-order valence-corrected chi connectivity index (χ1v) is 10.1. The average Bonchev–Trinajstić information content (AvgIpc) is 3.01. The highest BCUT2D eigenvalue weighted by Gasteiger charge is 2.19. The van der Waals surface area contributed by atoms with Crippen molar-refractivity contribution < 1.29 is 9.84 Å². The van der Waals surface area contributed by atoms with Crippen molar-refractivity contribution in [3.8, 4) is 0 Å². The fourth-order valence-corrected chi connectivity index (χ4v) is 3.76. The van der Waals surface area contributed by atoms with E-state index >= 15 is 0 Å². The third-order valence-corrected chi connectivity index (χ3v) is 5.38. The Morgan fingerprint density at radius 3 is 2.17 bits per heavy atom. The van der Waals surface area contributed by atoms with Gasteiger partial charge in [-0.3, -0.25) is 9.13 Å². The van der Waals surface area contributed by atoms with Crippen LogP contribution in [0.4, 0.5) is 0 Å². The van der Waals surface area contributed by atoms with Gasteiger partial charge in [-0.05, 0) is 30.2 Å². The second-order valence-electron chi connectivity index (χ2n) is 7.63. The highest BCUT2D eigenvalue weighted by Crippen LogP contribution is 2.26. The average molecular weight is 402 g/mol. The van der Waals surface area contributed by atoms with Crippen molar-refractivity contribution in [1.29, 1.82) is 0 Å². The number of benzene rings is 3. The fourth-order valence-electron chi connectivity index (χ4n) is 3.76. The van der Waals surface area contributed by atoms with E-state index in [-0.39, 0.29) is 24.9 Å². The quantitative estimate of drug-likeness (QED) is 0.511. The molecule has 0 fully saturated rings. The van der Waals surface area contributed by atoms with Crippen molar-refractivity contribution in [2.75, 3.05) is 6.61 Å². The van der Waals surface area contributed by atoms with Gasteiger partial charge in [0.25, 0.3) is 0 Å². The molecule has 4 rings (SSSR count). The first kappa shape index (κ1) is 20.1. The van der Waals surface area contributed by atoms with Gasteiger partial charge in [-0.25, -0.2) is 4.79 Å². The van der Waals surface area contributed by atoms with Crippen LogP contribution in [0.25, 0.3) is 11.0 Å². The maximum atomic E-state index is 12.6. The number of aliphatic hydroxyl groups is 1. The molecular weight excluding hydrogens is 376 g/mol. The first-order valence-electron chi connectivity index (χ1n) is 10.1. The van der Waals surface area contributed by atoms with Crippen LogP contribution in [0.1, 0.15) is 22.8 Å². The molecule has 30 heavy (non-hydrogen) atoms. The Kier molecular flexibility index (Phi) is 5.84. The minimum atomic E-state index is -0.815. The van der Waals surface area contributed by atoms with E-state index in [9.17, 15) is 9.90 Å². The van der Waals surface area contributed by atoms with E-state index in [1.165, 1.54) is 5.56 Å². The summed E-state index contributed by atoms with van der Waals surface area (Å²) in [6, 6.07) is 25.8. The predicted molar refractivity (Wildman–Crippen MR) is 119 cm³/mol. The molecule has 0 unspecified atom stereocenters. The third-order valence-electron chi connectivity index (χ3n) is 5.38. The summed E-state index contributed by atoms with van der Waals surface area (Å²) < 4.78 is 9.38. The summed E-state index contributed by atoms with van der Waals surface area (Å²) in [5.41, 5.74) is 4.74. The van der Waals surface area contributed by atoms with Crippen molar-refractivity contribution in [3.63, 3.8) is 0 Å². The van der Waals surface area contributed by atoms with Crippen LogP contribution in [0.2, 0.25) is 0 Å². The van der Waals surface area contributed by atoms with Crippen LogP contribution in [0, 0.1) is 6.92 Å². The molecule has 1 N–H and O–H groups in total. The van der Waals surface area contributed by atoms with Gasteiger partial charge in [0.15, 0.2) is 0 Å². The topological polar surface area (TPSA) is 56.4 Å². The van der Waals surface area contributed by atoms with E-state index in [0.29, 0.717) is 0 Å². The van der Waals surface area contributed by atoms with Crippen LogP contribution in [0.5, 0.6) is 0 Å². The SMILES string of the molecule is Cc1ccc([C@H](OC[C@H](O)Cn2c(=O)n(C)c3ccccc32)c2ccccc2)cc1. The minimum absolute atomic E-state index is 0.114. The van der Waals surface area contributed by atoms with Gasteiger partial charge in [0.05, 0.1) is 30.3 Å². The summed E-state index contributed by atoms with van der Waals surface area (Å²) in [5, 5.41) is 10.7. The zero-order chi connectivity index (χ0) is 21.1.